The topological polar surface area (TPSA) is 69.6 Å². The molecule has 2 N–H and O–H groups in total. The molecule has 2 atom stereocenters. The van der Waals surface area contributed by atoms with Gasteiger partial charge in [0.05, 0.1) is 11.5 Å². The Kier molecular flexibility index (Phi) is 7.85. The predicted octanol–water partition coefficient (Wildman–Crippen LogP) is 6.21. The van der Waals surface area contributed by atoms with Crippen LogP contribution in [0.25, 0.3) is 0 Å². The fourth-order valence-corrected chi connectivity index (χ4v) is 4.15. The summed E-state index contributed by atoms with van der Waals surface area (Å²) in [4.78, 5) is 25.6. The molecule has 0 spiro atoms. The van der Waals surface area contributed by atoms with E-state index in [2.05, 4.69) is 52.1 Å². The summed E-state index contributed by atoms with van der Waals surface area (Å²) >= 11 is 6.65. The van der Waals surface area contributed by atoms with Crippen molar-refractivity contribution in [1.29, 1.82) is 0 Å². The van der Waals surface area contributed by atoms with Gasteiger partial charge in [-0.3, -0.25) is 4.79 Å². The van der Waals surface area contributed by atoms with Crippen LogP contribution in [0.1, 0.15) is 72.4 Å². The highest BCUT2D eigenvalue weighted by atomic mass is 35.5. The highest BCUT2D eigenvalue weighted by molar-refractivity contribution is 6.31. The minimum absolute atomic E-state index is 0.185. The Labute approximate surface area is 191 Å². The number of halogens is 1. The van der Waals surface area contributed by atoms with Crippen LogP contribution in [0, 0.1) is 17.3 Å². The van der Waals surface area contributed by atoms with E-state index in [-0.39, 0.29) is 17.4 Å². The normalized spacial score (nSPS) is 20.5. The summed E-state index contributed by atoms with van der Waals surface area (Å²) in [7, 11) is 0. The number of hydrogen-bond donors (Lipinski definition) is 2. The number of hydrogen-bond acceptors (Lipinski definition) is 2. The molecule has 0 saturated heterocycles. The lowest BCUT2D eigenvalue weighted by Gasteiger charge is -2.42. The van der Waals surface area contributed by atoms with Crippen molar-refractivity contribution in [2.45, 2.75) is 73.3 Å². The molecule has 0 radical (unpaired) electrons. The summed E-state index contributed by atoms with van der Waals surface area (Å²) in [5.74, 6) is -1.17. The Balaban J connectivity index is 2.32. The van der Waals surface area contributed by atoms with Gasteiger partial charge in [-0.05, 0) is 60.3 Å². The Bertz CT molecular complexity index is 857. The number of carboxylic acid groups (broad SMARTS) is 1. The molecule has 1 heterocycles. The highest BCUT2D eigenvalue weighted by Gasteiger charge is 2.39. The van der Waals surface area contributed by atoms with Crippen molar-refractivity contribution in [3.63, 3.8) is 0 Å². The van der Waals surface area contributed by atoms with Crippen molar-refractivity contribution in [3.8, 4) is 0 Å². The number of nitrogens with zero attached hydrogens (tertiary/aromatic N) is 1. The van der Waals surface area contributed by atoms with Crippen molar-refractivity contribution in [3.05, 3.63) is 46.1 Å². The average molecular weight is 449 g/mol. The number of rotatable bonds is 8. The third-order valence-corrected chi connectivity index (χ3v) is 6.46. The van der Waals surface area contributed by atoms with Gasteiger partial charge in [0.1, 0.15) is 0 Å². The van der Waals surface area contributed by atoms with E-state index in [9.17, 15) is 9.59 Å². The van der Waals surface area contributed by atoms with Gasteiger partial charge in [-0.25, -0.2) is 4.79 Å². The fourth-order valence-electron chi connectivity index (χ4n) is 3.87. The Morgan fingerprint density at radius 2 is 1.90 bits per heavy atom. The van der Waals surface area contributed by atoms with E-state index < -0.39 is 17.4 Å². The molecule has 1 aliphatic heterocycles. The molecular formula is C25H37ClN2O3. The fraction of sp³-hybridized carbons (Fsp3) is 0.600. The first-order chi connectivity index (χ1) is 14.2. The Morgan fingerprint density at radius 1 is 1.26 bits per heavy atom. The summed E-state index contributed by atoms with van der Waals surface area (Å²) in [6, 6.07) is 5.87. The Hall–Kier alpha value is -2.01. The van der Waals surface area contributed by atoms with Gasteiger partial charge in [0.2, 0.25) is 0 Å². The number of urea groups is 1. The summed E-state index contributed by atoms with van der Waals surface area (Å²) in [6.45, 7) is 14.9. The maximum Gasteiger partial charge on any atom is 0.322 e. The molecule has 0 bridgehead atoms. The van der Waals surface area contributed by atoms with Crippen molar-refractivity contribution in [2.24, 2.45) is 17.3 Å². The molecule has 1 aromatic rings. The van der Waals surface area contributed by atoms with Crippen LogP contribution in [0.3, 0.4) is 0 Å². The number of aryl methyl sites for hydroxylation is 1. The maximum atomic E-state index is 12.9. The van der Waals surface area contributed by atoms with Gasteiger partial charge < -0.3 is 15.3 Å². The lowest BCUT2D eigenvalue weighted by atomic mass is 9.78. The summed E-state index contributed by atoms with van der Waals surface area (Å²) in [5, 5.41) is 13.0. The lowest BCUT2D eigenvalue weighted by molar-refractivity contribution is -0.141. The number of amides is 2. The average Bonchev–Trinajstić information content (AvgIpc) is 2.64. The van der Waals surface area contributed by atoms with Crippen LogP contribution < -0.4 is 5.32 Å². The van der Waals surface area contributed by atoms with Gasteiger partial charge >= 0.3 is 12.0 Å². The molecule has 0 saturated carbocycles. The minimum atomic E-state index is -0.850. The largest absolute Gasteiger partial charge is 0.481 e. The summed E-state index contributed by atoms with van der Waals surface area (Å²) in [5.41, 5.74) is 2.69. The predicted molar refractivity (Wildman–Crippen MR) is 126 cm³/mol. The molecule has 1 aliphatic rings. The summed E-state index contributed by atoms with van der Waals surface area (Å²) in [6.07, 6.45) is 4.24. The third kappa shape index (κ3) is 6.25. The van der Waals surface area contributed by atoms with Crippen LogP contribution in [-0.4, -0.2) is 28.6 Å². The van der Waals surface area contributed by atoms with Crippen LogP contribution in [-0.2, 0) is 16.8 Å². The van der Waals surface area contributed by atoms with E-state index in [0.717, 1.165) is 34.6 Å². The van der Waals surface area contributed by atoms with E-state index in [1.165, 1.54) is 0 Å². The van der Waals surface area contributed by atoms with Crippen LogP contribution in [0.15, 0.2) is 30.0 Å². The molecule has 2 amide bonds. The van der Waals surface area contributed by atoms with Gasteiger partial charge in [-0.2, -0.15) is 0 Å². The molecular weight excluding hydrogens is 412 g/mol. The first-order valence-corrected chi connectivity index (χ1v) is 11.4. The molecule has 1 aromatic carbocycles. The molecule has 0 aliphatic carbocycles. The van der Waals surface area contributed by atoms with E-state index in [1.54, 1.807) is 11.8 Å². The quantitative estimate of drug-likeness (QED) is 0.496. The van der Waals surface area contributed by atoms with Gasteiger partial charge in [-0.15, -0.1) is 0 Å². The van der Waals surface area contributed by atoms with Crippen molar-refractivity contribution >= 4 is 23.6 Å². The van der Waals surface area contributed by atoms with Crippen LogP contribution in [0.4, 0.5) is 4.79 Å². The van der Waals surface area contributed by atoms with Crippen molar-refractivity contribution in [2.75, 3.05) is 6.54 Å². The van der Waals surface area contributed by atoms with Crippen molar-refractivity contribution < 1.29 is 14.7 Å². The molecule has 0 fully saturated rings. The van der Waals surface area contributed by atoms with E-state index in [0.29, 0.717) is 13.0 Å². The second-order valence-corrected chi connectivity index (χ2v) is 10.8. The smallest absolute Gasteiger partial charge is 0.322 e. The zero-order valence-corrected chi connectivity index (χ0v) is 20.6. The number of aliphatic carboxylic acids is 1. The molecule has 172 valence electrons. The monoisotopic (exact) mass is 448 g/mol. The van der Waals surface area contributed by atoms with Gasteiger partial charge in [-0.1, -0.05) is 65.3 Å². The maximum absolute atomic E-state index is 12.9. The van der Waals surface area contributed by atoms with E-state index in [4.69, 9.17) is 16.7 Å². The summed E-state index contributed by atoms with van der Waals surface area (Å²) < 4.78 is 0. The molecule has 2 unspecified atom stereocenters. The molecule has 31 heavy (non-hydrogen) atoms. The van der Waals surface area contributed by atoms with E-state index in [1.807, 2.05) is 19.2 Å². The molecule has 5 nitrogen and oxygen atoms in total. The van der Waals surface area contributed by atoms with E-state index >= 15 is 0 Å². The number of carbonyl (C=O) groups is 2. The molecule has 2 rings (SSSR count). The second kappa shape index (κ2) is 9.64. The SMILES string of the molecule is CC(C)C1=CN(CCC(C)C(=O)O)C(=O)NC1(C)c1ccc(CCC(C)(C)C)c(Cl)c1. The second-order valence-electron chi connectivity index (χ2n) is 10.4. The highest BCUT2D eigenvalue weighted by Crippen LogP contribution is 2.39. The first-order valence-electron chi connectivity index (χ1n) is 11.1. The van der Waals surface area contributed by atoms with Crippen LogP contribution >= 0.6 is 11.6 Å². The molecule has 0 aromatic heterocycles. The zero-order chi connectivity index (χ0) is 23.6. The number of nitrogens with one attached hydrogen (secondary N) is 1. The number of carbonyl (C=O) groups excluding carboxylic acids is 1. The zero-order valence-electron chi connectivity index (χ0n) is 19.9. The van der Waals surface area contributed by atoms with Crippen LogP contribution in [0.2, 0.25) is 5.02 Å². The van der Waals surface area contributed by atoms with Crippen LogP contribution in [0.5, 0.6) is 0 Å². The number of carboxylic acids is 1. The lowest BCUT2D eigenvalue weighted by Crippen LogP contribution is -2.55. The van der Waals surface area contributed by atoms with Crippen molar-refractivity contribution in [1.82, 2.24) is 10.2 Å². The standard InChI is InChI=1S/C25H37ClN2O3/c1-16(2)20-15-28(13-11-17(3)22(29)30)23(31)27-25(20,7)19-9-8-18(21(26)14-19)10-12-24(4,5)6/h8-9,14-17H,10-13H2,1-7H3,(H,27,31)(H,29,30). The van der Waals surface area contributed by atoms with Gasteiger partial charge in [0, 0.05) is 17.8 Å². The molecule has 6 heteroatoms. The number of benzene rings is 1. The Morgan fingerprint density at radius 3 is 2.42 bits per heavy atom. The minimum Gasteiger partial charge on any atom is -0.481 e. The van der Waals surface area contributed by atoms with Gasteiger partial charge in [0.25, 0.3) is 0 Å². The van der Waals surface area contributed by atoms with Gasteiger partial charge in [0.15, 0.2) is 0 Å². The first kappa shape index (κ1) is 25.3. The third-order valence-electron chi connectivity index (χ3n) is 6.11.